The van der Waals surface area contributed by atoms with E-state index in [4.69, 9.17) is 5.73 Å². The van der Waals surface area contributed by atoms with Crippen molar-refractivity contribution in [2.24, 2.45) is 13.0 Å². The van der Waals surface area contributed by atoms with Gasteiger partial charge in [-0.1, -0.05) is 0 Å². The Labute approximate surface area is 186 Å². The number of nitrogens with one attached hydrogen (secondary N) is 1. The van der Waals surface area contributed by atoms with Gasteiger partial charge in [-0.2, -0.15) is 5.10 Å². The molecule has 4 heterocycles. The van der Waals surface area contributed by atoms with Gasteiger partial charge >= 0.3 is 0 Å². The molecule has 0 radical (unpaired) electrons. The Balaban J connectivity index is 1.40. The van der Waals surface area contributed by atoms with Crippen LogP contribution in [0.5, 0.6) is 0 Å². The first-order valence-corrected chi connectivity index (χ1v) is 11.2. The van der Waals surface area contributed by atoms with Gasteiger partial charge in [0.25, 0.3) is 0 Å². The Morgan fingerprint density at radius 3 is 2.72 bits per heavy atom. The quantitative estimate of drug-likeness (QED) is 0.553. The number of hydrogen-bond donors (Lipinski definition) is 3. The Kier molecular flexibility index (Phi) is 5.34. The van der Waals surface area contributed by atoms with Crippen molar-refractivity contribution in [1.29, 1.82) is 0 Å². The van der Waals surface area contributed by atoms with E-state index in [0.29, 0.717) is 24.3 Å². The van der Waals surface area contributed by atoms with Crippen molar-refractivity contribution in [3.05, 3.63) is 24.8 Å². The average Bonchev–Trinajstić information content (AvgIpc) is 3.46. The highest BCUT2D eigenvalue weighted by Gasteiger charge is 2.40. The number of anilines is 1. The minimum atomic E-state index is -0.693. The van der Waals surface area contributed by atoms with Gasteiger partial charge in [0.15, 0.2) is 0 Å². The molecule has 0 bridgehead atoms. The van der Waals surface area contributed by atoms with Crippen LogP contribution in [0.15, 0.2) is 24.8 Å². The fourth-order valence-electron chi connectivity index (χ4n) is 5.10. The normalized spacial score (nSPS) is 24.9. The number of aromatic nitrogens is 5. The first-order valence-electron chi connectivity index (χ1n) is 11.2. The van der Waals surface area contributed by atoms with Crippen molar-refractivity contribution in [2.45, 2.75) is 43.9 Å². The SMILES string of the molecule is CN1CCC(NC(=O)[C@H]2C[C@@H](n3cc(-c4ccn(C)n4)c4c(N)ncnc43)C[C@@H]2O)CC1. The Morgan fingerprint density at radius 2 is 2.00 bits per heavy atom. The predicted molar refractivity (Wildman–Crippen MR) is 121 cm³/mol. The molecule has 0 spiro atoms. The largest absolute Gasteiger partial charge is 0.392 e. The number of fused-ring (bicyclic) bond motifs is 1. The van der Waals surface area contributed by atoms with Crippen LogP contribution in [0.1, 0.15) is 31.7 Å². The van der Waals surface area contributed by atoms with Gasteiger partial charge in [0.2, 0.25) is 5.91 Å². The lowest BCUT2D eigenvalue weighted by Gasteiger charge is -2.30. The third-order valence-corrected chi connectivity index (χ3v) is 6.93. The van der Waals surface area contributed by atoms with Crippen molar-refractivity contribution in [1.82, 2.24) is 34.5 Å². The Bertz CT molecular complexity index is 1130. The van der Waals surface area contributed by atoms with Gasteiger partial charge in [0.05, 0.1) is 23.1 Å². The number of nitrogens with two attached hydrogens (primary N) is 1. The summed E-state index contributed by atoms with van der Waals surface area (Å²) < 4.78 is 3.77. The number of hydrogen-bond acceptors (Lipinski definition) is 7. The lowest BCUT2D eigenvalue weighted by molar-refractivity contribution is -0.128. The Hall–Kier alpha value is -2.98. The van der Waals surface area contributed by atoms with Crippen molar-refractivity contribution >= 4 is 22.8 Å². The smallest absolute Gasteiger partial charge is 0.226 e. The number of amides is 1. The molecule has 3 aromatic rings. The van der Waals surface area contributed by atoms with Crippen LogP contribution in [0.2, 0.25) is 0 Å². The molecule has 2 fully saturated rings. The number of aryl methyl sites for hydroxylation is 1. The zero-order valence-corrected chi connectivity index (χ0v) is 18.5. The number of aliphatic hydroxyl groups is 1. The van der Waals surface area contributed by atoms with E-state index in [-0.39, 0.29) is 18.0 Å². The number of aliphatic hydroxyl groups excluding tert-OH is 1. The molecule has 10 nitrogen and oxygen atoms in total. The van der Waals surface area contributed by atoms with Gasteiger partial charge in [0.1, 0.15) is 17.8 Å². The van der Waals surface area contributed by atoms with Gasteiger partial charge in [-0.15, -0.1) is 0 Å². The van der Waals surface area contributed by atoms with Crippen LogP contribution in [0.4, 0.5) is 5.82 Å². The molecular weight excluding hydrogens is 408 g/mol. The minimum absolute atomic E-state index is 0.0508. The highest BCUT2D eigenvalue weighted by molar-refractivity contribution is 5.99. The van der Waals surface area contributed by atoms with Crippen molar-refractivity contribution in [2.75, 3.05) is 25.9 Å². The second-order valence-corrected chi connectivity index (χ2v) is 9.17. The summed E-state index contributed by atoms with van der Waals surface area (Å²) in [5.74, 6) is -0.0933. The van der Waals surface area contributed by atoms with Crippen LogP contribution in [0.3, 0.4) is 0 Å². The van der Waals surface area contributed by atoms with Crippen LogP contribution in [0.25, 0.3) is 22.3 Å². The number of piperidine rings is 1. The number of rotatable bonds is 4. The number of carbonyl (C=O) groups excluding carboxylic acids is 1. The summed E-state index contributed by atoms with van der Waals surface area (Å²) in [7, 11) is 3.96. The first kappa shape index (κ1) is 20.9. The zero-order valence-electron chi connectivity index (χ0n) is 18.5. The molecule has 32 heavy (non-hydrogen) atoms. The molecule has 5 rings (SSSR count). The third kappa shape index (κ3) is 3.73. The predicted octanol–water partition coefficient (Wildman–Crippen LogP) is 0.936. The van der Waals surface area contributed by atoms with Gasteiger partial charge in [-0.05, 0) is 51.9 Å². The van der Waals surface area contributed by atoms with E-state index in [0.717, 1.165) is 42.6 Å². The summed E-state index contributed by atoms with van der Waals surface area (Å²) in [6.07, 6.45) is 7.54. The van der Waals surface area contributed by atoms with Crippen molar-refractivity contribution in [3.63, 3.8) is 0 Å². The molecule has 170 valence electrons. The second kappa shape index (κ2) is 8.18. The maximum absolute atomic E-state index is 13.0. The molecule has 1 saturated heterocycles. The molecule has 2 aliphatic rings. The molecule has 4 N–H and O–H groups in total. The zero-order chi connectivity index (χ0) is 22.4. The van der Waals surface area contributed by atoms with Gasteiger partial charge < -0.3 is 25.6 Å². The van der Waals surface area contributed by atoms with E-state index < -0.39 is 12.0 Å². The van der Waals surface area contributed by atoms with Crippen molar-refractivity contribution < 1.29 is 9.90 Å². The van der Waals surface area contributed by atoms with E-state index in [2.05, 4.69) is 32.3 Å². The molecule has 0 unspecified atom stereocenters. The monoisotopic (exact) mass is 438 g/mol. The van der Waals surface area contributed by atoms with Crippen LogP contribution in [0, 0.1) is 5.92 Å². The number of likely N-dealkylation sites (tertiary alicyclic amines) is 1. The lowest BCUT2D eigenvalue weighted by atomic mass is 10.0. The fraction of sp³-hybridized carbons (Fsp3) is 0.545. The fourth-order valence-corrected chi connectivity index (χ4v) is 5.10. The summed E-state index contributed by atoms with van der Waals surface area (Å²) in [6, 6.07) is 2.04. The topological polar surface area (TPSA) is 127 Å². The maximum Gasteiger partial charge on any atom is 0.226 e. The minimum Gasteiger partial charge on any atom is -0.392 e. The maximum atomic E-state index is 13.0. The second-order valence-electron chi connectivity index (χ2n) is 9.17. The summed E-state index contributed by atoms with van der Waals surface area (Å²) in [6.45, 7) is 1.96. The molecule has 1 saturated carbocycles. The summed E-state index contributed by atoms with van der Waals surface area (Å²) in [4.78, 5) is 23.9. The molecule has 3 atom stereocenters. The average molecular weight is 439 g/mol. The van der Waals surface area contributed by atoms with Crippen LogP contribution >= 0.6 is 0 Å². The highest BCUT2D eigenvalue weighted by Crippen LogP contribution is 2.40. The molecular formula is C22H30N8O2. The lowest BCUT2D eigenvalue weighted by Crippen LogP contribution is -2.46. The van der Waals surface area contributed by atoms with Gasteiger partial charge in [-0.25, -0.2) is 9.97 Å². The van der Waals surface area contributed by atoms with Gasteiger partial charge in [-0.3, -0.25) is 9.48 Å². The standard InChI is InChI=1S/C22H30N8O2/c1-28-6-3-13(4-7-28)26-22(32)15-9-14(10-18(15)31)30-11-16(17-5-8-29(2)27-17)19-20(23)24-12-25-21(19)30/h5,8,11-15,18,31H,3-4,6-7,9-10H2,1-2H3,(H,26,32)(H2,23,24,25)/t14-,15+,18+/m1/s1. The van der Waals surface area contributed by atoms with E-state index in [9.17, 15) is 9.90 Å². The molecule has 3 aromatic heterocycles. The van der Waals surface area contributed by atoms with E-state index >= 15 is 0 Å². The Morgan fingerprint density at radius 1 is 1.22 bits per heavy atom. The summed E-state index contributed by atoms with van der Waals surface area (Å²) in [5.41, 5.74) is 8.55. The molecule has 0 aromatic carbocycles. The number of nitrogens with zero attached hydrogens (tertiary/aromatic N) is 6. The van der Waals surface area contributed by atoms with E-state index in [1.165, 1.54) is 6.33 Å². The van der Waals surface area contributed by atoms with E-state index in [1.54, 1.807) is 4.68 Å². The highest BCUT2D eigenvalue weighted by atomic mass is 16.3. The third-order valence-electron chi connectivity index (χ3n) is 6.93. The van der Waals surface area contributed by atoms with E-state index in [1.807, 2.05) is 30.1 Å². The molecule has 1 aliphatic carbocycles. The molecule has 1 aliphatic heterocycles. The van der Waals surface area contributed by atoms with Crippen LogP contribution in [-0.4, -0.2) is 72.5 Å². The molecule has 10 heteroatoms. The van der Waals surface area contributed by atoms with Gasteiger partial charge in [0, 0.05) is 37.1 Å². The summed E-state index contributed by atoms with van der Waals surface area (Å²) in [5, 5.41) is 19.2. The molecule has 1 amide bonds. The number of carbonyl (C=O) groups is 1. The van der Waals surface area contributed by atoms with Crippen LogP contribution in [-0.2, 0) is 11.8 Å². The van der Waals surface area contributed by atoms with Crippen molar-refractivity contribution in [3.8, 4) is 11.3 Å². The van der Waals surface area contributed by atoms with Crippen LogP contribution < -0.4 is 11.1 Å². The summed E-state index contributed by atoms with van der Waals surface area (Å²) >= 11 is 0. The number of nitrogen functional groups attached to an aromatic ring is 1. The first-order chi connectivity index (χ1) is 15.4.